The van der Waals surface area contributed by atoms with Gasteiger partial charge in [-0.25, -0.2) is 0 Å². The number of ether oxygens (including phenoxy) is 7. The van der Waals surface area contributed by atoms with Crippen LogP contribution in [0, 0.1) is 11.8 Å². The SMILES string of the molecule is COc1c2c(cc3c1-c1c(cc4c(c1OC)OCO4)[C@@H]1O[C@H]3[C@@H](C)[C@@H]1C)OCO2. The summed E-state index contributed by atoms with van der Waals surface area (Å²) in [5, 5.41) is 0. The van der Waals surface area contributed by atoms with E-state index in [1.807, 2.05) is 12.1 Å². The van der Waals surface area contributed by atoms with Crippen molar-refractivity contribution < 1.29 is 33.2 Å². The molecule has 0 spiro atoms. The summed E-state index contributed by atoms with van der Waals surface area (Å²) in [5.41, 5.74) is 3.86. The van der Waals surface area contributed by atoms with Gasteiger partial charge in [0.1, 0.15) is 0 Å². The zero-order valence-corrected chi connectivity index (χ0v) is 16.7. The van der Waals surface area contributed by atoms with E-state index in [4.69, 9.17) is 33.2 Å². The van der Waals surface area contributed by atoms with Crippen LogP contribution in [0.5, 0.6) is 34.5 Å². The molecule has 1 fully saturated rings. The first-order valence-corrected chi connectivity index (χ1v) is 9.80. The maximum Gasteiger partial charge on any atom is 0.231 e. The van der Waals surface area contributed by atoms with Crippen molar-refractivity contribution >= 4 is 0 Å². The Morgan fingerprint density at radius 1 is 0.724 bits per heavy atom. The van der Waals surface area contributed by atoms with E-state index in [2.05, 4.69) is 13.8 Å². The van der Waals surface area contributed by atoms with Crippen molar-refractivity contribution in [3.8, 4) is 45.6 Å². The average Bonchev–Trinajstić information content (AvgIpc) is 3.43. The number of hydrogen-bond acceptors (Lipinski definition) is 7. The molecular weight excluding hydrogens is 376 g/mol. The molecule has 4 aliphatic rings. The lowest BCUT2D eigenvalue weighted by Crippen LogP contribution is -2.14. The van der Waals surface area contributed by atoms with Crippen molar-refractivity contribution in [1.82, 2.24) is 0 Å². The third kappa shape index (κ3) is 2.06. The smallest absolute Gasteiger partial charge is 0.231 e. The molecule has 152 valence electrons. The number of fused-ring (bicyclic) bond motifs is 9. The molecule has 0 aromatic heterocycles. The second kappa shape index (κ2) is 5.86. The molecule has 0 radical (unpaired) electrons. The first-order valence-electron chi connectivity index (χ1n) is 9.80. The first-order chi connectivity index (χ1) is 14.1. The highest BCUT2D eigenvalue weighted by molar-refractivity contribution is 5.89. The summed E-state index contributed by atoms with van der Waals surface area (Å²) in [6.45, 7) is 4.79. The Morgan fingerprint density at radius 2 is 1.17 bits per heavy atom. The predicted octanol–water partition coefficient (Wildman–Crippen LogP) is 4.23. The molecule has 2 aromatic carbocycles. The Balaban J connectivity index is 1.76. The largest absolute Gasteiger partial charge is 0.492 e. The van der Waals surface area contributed by atoms with Crippen molar-refractivity contribution in [3.63, 3.8) is 0 Å². The lowest BCUT2D eigenvalue weighted by atomic mass is 9.77. The predicted molar refractivity (Wildman–Crippen MR) is 102 cm³/mol. The normalized spacial score (nSPS) is 27.3. The molecule has 0 amide bonds. The van der Waals surface area contributed by atoms with Crippen molar-refractivity contribution in [2.75, 3.05) is 27.8 Å². The highest BCUT2D eigenvalue weighted by atomic mass is 16.7. The fraction of sp³-hybridized carbons (Fsp3) is 0.455. The molecule has 4 aliphatic heterocycles. The standard InChI is InChI=1S/C22H22O7/c1-9-10(2)18-12-6-14-20(28-8-26-14)22(24-4)16(12)15-11(17(9)29-18)5-13-19(21(15)23-3)27-7-25-13/h5-6,9-10,17-18H,7-8H2,1-4H3/t9-,10-,17-,18+/m0/s1. The summed E-state index contributed by atoms with van der Waals surface area (Å²) in [6, 6.07) is 4.05. The van der Waals surface area contributed by atoms with Gasteiger partial charge >= 0.3 is 0 Å². The van der Waals surface area contributed by atoms with Crippen LogP contribution in [0.25, 0.3) is 11.1 Å². The maximum atomic E-state index is 6.61. The third-order valence-electron chi connectivity index (χ3n) is 6.65. The third-order valence-corrected chi connectivity index (χ3v) is 6.65. The minimum atomic E-state index is -0.0952. The zero-order valence-electron chi connectivity index (χ0n) is 16.7. The van der Waals surface area contributed by atoms with Gasteiger partial charge in [0, 0.05) is 11.1 Å². The van der Waals surface area contributed by atoms with E-state index < -0.39 is 0 Å². The zero-order chi connectivity index (χ0) is 19.9. The lowest BCUT2D eigenvalue weighted by Gasteiger charge is -2.26. The molecule has 7 heteroatoms. The summed E-state index contributed by atoms with van der Waals surface area (Å²) in [4.78, 5) is 0. The van der Waals surface area contributed by atoms with E-state index in [0.717, 1.165) is 22.3 Å². The molecule has 0 saturated carbocycles. The number of rotatable bonds is 2. The van der Waals surface area contributed by atoms with Gasteiger partial charge < -0.3 is 33.2 Å². The molecule has 29 heavy (non-hydrogen) atoms. The van der Waals surface area contributed by atoms with Gasteiger partial charge in [0.05, 0.1) is 26.4 Å². The molecule has 4 atom stereocenters. The molecule has 7 nitrogen and oxygen atoms in total. The Bertz CT molecular complexity index is 949. The van der Waals surface area contributed by atoms with Gasteiger partial charge in [-0.05, 0) is 35.1 Å². The molecule has 2 aromatic rings. The molecule has 6 rings (SSSR count). The first kappa shape index (κ1) is 17.1. The van der Waals surface area contributed by atoms with Crippen molar-refractivity contribution in [2.24, 2.45) is 11.8 Å². The monoisotopic (exact) mass is 398 g/mol. The van der Waals surface area contributed by atoms with E-state index in [1.165, 1.54) is 0 Å². The highest BCUT2D eigenvalue weighted by Gasteiger charge is 2.48. The summed E-state index contributed by atoms with van der Waals surface area (Å²) < 4.78 is 41.3. The van der Waals surface area contributed by atoms with Crippen LogP contribution in [0.4, 0.5) is 0 Å². The van der Waals surface area contributed by atoms with E-state index >= 15 is 0 Å². The summed E-state index contributed by atoms with van der Waals surface area (Å²) in [5.74, 6) is 4.45. The second-order valence-electron chi connectivity index (χ2n) is 7.91. The average molecular weight is 398 g/mol. The van der Waals surface area contributed by atoms with Gasteiger partial charge in [0.25, 0.3) is 0 Å². The number of benzene rings is 2. The number of methoxy groups -OCH3 is 2. The Morgan fingerprint density at radius 3 is 1.59 bits per heavy atom. The molecule has 0 aliphatic carbocycles. The van der Waals surface area contributed by atoms with E-state index in [9.17, 15) is 0 Å². The fourth-order valence-electron chi connectivity index (χ4n) is 5.09. The van der Waals surface area contributed by atoms with Crippen LogP contribution in [0.1, 0.15) is 37.2 Å². The van der Waals surface area contributed by atoms with Crippen molar-refractivity contribution in [1.29, 1.82) is 0 Å². The van der Waals surface area contributed by atoms with Gasteiger partial charge in [-0.1, -0.05) is 13.8 Å². The fourth-order valence-corrected chi connectivity index (χ4v) is 5.09. The van der Waals surface area contributed by atoms with Gasteiger partial charge in [-0.15, -0.1) is 0 Å². The van der Waals surface area contributed by atoms with Crippen LogP contribution in [0.3, 0.4) is 0 Å². The maximum absolute atomic E-state index is 6.61. The minimum Gasteiger partial charge on any atom is -0.492 e. The Labute approximate surface area is 168 Å². The van der Waals surface area contributed by atoms with Crippen LogP contribution < -0.4 is 28.4 Å². The molecule has 4 heterocycles. The van der Waals surface area contributed by atoms with Crippen molar-refractivity contribution in [2.45, 2.75) is 26.1 Å². The molecule has 0 unspecified atom stereocenters. The Hall–Kier alpha value is -2.80. The van der Waals surface area contributed by atoms with Gasteiger partial charge in [-0.3, -0.25) is 0 Å². The van der Waals surface area contributed by atoms with Crippen LogP contribution in [-0.4, -0.2) is 27.8 Å². The summed E-state index contributed by atoms with van der Waals surface area (Å²) in [6.07, 6.45) is -0.190. The molecule has 0 N–H and O–H groups in total. The second-order valence-corrected chi connectivity index (χ2v) is 7.91. The molecule has 2 bridgehead atoms. The number of hydrogen-bond donors (Lipinski definition) is 0. The van der Waals surface area contributed by atoms with Crippen molar-refractivity contribution in [3.05, 3.63) is 23.3 Å². The summed E-state index contributed by atoms with van der Waals surface area (Å²) >= 11 is 0. The topological polar surface area (TPSA) is 64.6 Å². The van der Waals surface area contributed by atoms with Crippen LogP contribution in [-0.2, 0) is 4.74 Å². The quantitative estimate of drug-likeness (QED) is 0.750. The van der Waals surface area contributed by atoms with Gasteiger partial charge in [-0.2, -0.15) is 0 Å². The minimum absolute atomic E-state index is 0.0952. The highest BCUT2D eigenvalue weighted by Crippen LogP contribution is 2.64. The van der Waals surface area contributed by atoms with Crippen LogP contribution in [0.2, 0.25) is 0 Å². The van der Waals surface area contributed by atoms with Gasteiger partial charge in [0.2, 0.25) is 25.1 Å². The molecular formula is C22H22O7. The molecule has 1 saturated heterocycles. The van der Waals surface area contributed by atoms with Crippen LogP contribution in [0.15, 0.2) is 12.1 Å². The lowest BCUT2D eigenvalue weighted by molar-refractivity contribution is 0.0312. The summed E-state index contributed by atoms with van der Waals surface area (Å²) in [7, 11) is 3.29. The van der Waals surface area contributed by atoms with E-state index in [0.29, 0.717) is 46.3 Å². The van der Waals surface area contributed by atoms with Crippen LogP contribution >= 0.6 is 0 Å². The van der Waals surface area contributed by atoms with Gasteiger partial charge in [0.15, 0.2) is 23.0 Å². The van der Waals surface area contributed by atoms with E-state index in [1.54, 1.807) is 14.2 Å². The Kier molecular flexibility index (Phi) is 3.45. The van der Waals surface area contributed by atoms with E-state index in [-0.39, 0.29) is 25.8 Å².